The number of β-amino-alcohol motifs (C(OH)–C–C–N with tert-alkyl or cyclic N) is 1. The molecule has 2 aliphatic rings. The summed E-state index contributed by atoms with van der Waals surface area (Å²) in [6.07, 6.45) is -0.266. The second-order valence-electron chi connectivity index (χ2n) is 5.96. The molecular formula is C18H16FNO4. The van der Waals surface area contributed by atoms with Crippen molar-refractivity contribution >= 4 is 5.91 Å². The van der Waals surface area contributed by atoms with Crippen LogP contribution in [0, 0.1) is 5.82 Å². The maximum Gasteiger partial charge on any atom is 0.258 e. The number of benzene rings is 2. The average Bonchev–Trinajstić information content (AvgIpc) is 3.20. The molecule has 0 aromatic heterocycles. The smallest absolute Gasteiger partial charge is 0.258 e. The number of fused-ring (bicyclic) bond motifs is 1. The van der Waals surface area contributed by atoms with Gasteiger partial charge < -0.3 is 19.5 Å². The number of hydrogen-bond acceptors (Lipinski definition) is 4. The van der Waals surface area contributed by atoms with Gasteiger partial charge in [0.15, 0.2) is 11.5 Å². The number of carbonyl (C=O) groups excluding carboxylic acids is 1. The summed E-state index contributed by atoms with van der Waals surface area (Å²) in [4.78, 5) is 14.6. The van der Waals surface area contributed by atoms with E-state index in [1.807, 2.05) is 0 Å². The fraction of sp³-hybridized carbons (Fsp3) is 0.278. The number of halogens is 1. The van der Waals surface area contributed by atoms with Gasteiger partial charge in [0.05, 0.1) is 17.7 Å². The van der Waals surface area contributed by atoms with Crippen molar-refractivity contribution in [2.75, 3.05) is 13.3 Å². The van der Waals surface area contributed by atoms with Crippen molar-refractivity contribution in [2.45, 2.75) is 18.6 Å². The van der Waals surface area contributed by atoms with E-state index in [1.165, 1.54) is 12.1 Å². The molecule has 6 heteroatoms. The molecule has 1 saturated heterocycles. The molecule has 2 aromatic rings. The number of likely N-dealkylation sites (tertiary alicyclic amines) is 1. The molecule has 5 nitrogen and oxygen atoms in total. The van der Waals surface area contributed by atoms with Crippen LogP contribution in [0.4, 0.5) is 4.39 Å². The molecule has 0 radical (unpaired) electrons. The molecule has 0 saturated carbocycles. The molecule has 2 heterocycles. The van der Waals surface area contributed by atoms with E-state index in [0.717, 1.165) is 0 Å². The van der Waals surface area contributed by atoms with Crippen molar-refractivity contribution in [1.29, 1.82) is 0 Å². The number of rotatable bonds is 2. The van der Waals surface area contributed by atoms with E-state index in [4.69, 9.17) is 9.47 Å². The maximum atomic E-state index is 13.5. The van der Waals surface area contributed by atoms with Crippen LogP contribution in [0.15, 0.2) is 42.5 Å². The third-order valence-corrected chi connectivity index (χ3v) is 4.40. The Morgan fingerprint density at radius 3 is 2.88 bits per heavy atom. The van der Waals surface area contributed by atoms with Gasteiger partial charge in [0.25, 0.3) is 5.91 Å². The predicted molar refractivity (Wildman–Crippen MR) is 83.4 cm³/mol. The highest BCUT2D eigenvalue weighted by molar-refractivity contribution is 5.98. The largest absolute Gasteiger partial charge is 0.454 e. The summed E-state index contributed by atoms with van der Waals surface area (Å²) in [6.45, 7) is 0.278. The first kappa shape index (κ1) is 15.0. The number of hydrogen-bond donors (Lipinski definition) is 1. The minimum Gasteiger partial charge on any atom is -0.454 e. The van der Waals surface area contributed by atoms with E-state index >= 15 is 0 Å². The van der Waals surface area contributed by atoms with Crippen LogP contribution < -0.4 is 9.47 Å². The zero-order valence-corrected chi connectivity index (χ0v) is 12.8. The number of aliphatic hydroxyl groups excluding tert-OH is 1. The Morgan fingerprint density at radius 1 is 1.21 bits per heavy atom. The van der Waals surface area contributed by atoms with E-state index in [1.54, 1.807) is 35.2 Å². The number of aliphatic hydroxyl groups is 1. The number of amides is 1. The zero-order chi connectivity index (χ0) is 16.7. The van der Waals surface area contributed by atoms with Crippen LogP contribution in [0.3, 0.4) is 0 Å². The van der Waals surface area contributed by atoms with Gasteiger partial charge in [0.1, 0.15) is 5.82 Å². The quantitative estimate of drug-likeness (QED) is 0.920. The standard InChI is InChI=1S/C18H16FNO4/c19-12-4-1-3-11(7-12)15-8-13(21)9-20(15)18(22)14-5-2-6-16-17(14)24-10-23-16/h1-7,13,15,21H,8-10H2/t13-,15-/m0/s1. The SMILES string of the molecule is O=C(c1cccc2c1OCO2)N1C[C@@H](O)C[C@H]1c1cccc(F)c1. The van der Waals surface area contributed by atoms with E-state index < -0.39 is 6.10 Å². The summed E-state index contributed by atoms with van der Waals surface area (Å²) in [5.74, 6) is 0.326. The van der Waals surface area contributed by atoms with Crippen molar-refractivity contribution in [2.24, 2.45) is 0 Å². The lowest BCUT2D eigenvalue weighted by Crippen LogP contribution is -2.32. The Hall–Kier alpha value is -2.60. The molecule has 0 spiro atoms. The van der Waals surface area contributed by atoms with Gasteiger partial charge in [0.2, 0.25) is 6.79 Å². The van der Waals surface area contributed by atoms with Crippen LogP contribution >= 0.6 is 0 Å². The number of nitrogens with zero attached hydrogens (tertiary/aromatic N) is 1. The van der Waals surface area contributed by atoms with Crippen molar-refractivity contribution in [3.8, 4) is 11.5 Å². The molecule has 2 aromatic carbocycles. The van der Waals surface area contributed by atoms with Gasteiger partial charge in [-0.2, -0.15) is 0 Å². The van der Waals surface area contributed by atoms with Crippen LogP contribution in [0.1, 0.15) is 28.4 Å². The lowest BCUT2D eigenvalue weighted by atomic mass is 10.0. The van der Waals surface area contributed by atoms with Gasteiger partial charge in [-0.05, 0) is 36.2 Å². The maximum absolute atomic E-state index is 13.5. The minimum atomic E-state index is -0.642. The third-order valence-electron chi connectivity index (χ3n) is 4.40. The highest BCUT2D eigenvalue weighted by Crippen LogP contribution is 2.39. The van der Waals surface area contributed by atoms with Crippen LogP contribution in [0.5, 0.6) is 11.5 Å². The summed E-state index contributed by atoms with van der Waals surface area (Å²) >= 11 is 0. The van der Waals surface area contributed by atoms with Crippen LogP contribution in [-0.4, -0.2) is 35.4 Å². The molecule has 124 valence electrons. The van der Waals surface area contributed by atoms with E-state index in [-0.39, 0.29) is 31.1 Å². The Kier molecular flexibility index (Phi) is 3.61. The average molecular weight is 329 g/mol. The van der Waals surface area contributed by atoms with E-state index in [2.05, 4.69) is 0 Å². The lowest BCUT2D eigenvalue weighted by Gasteiger charge is -2.25. The predicted octanol–water partition coefficient (Wildman–Crippen LogP) is 2.50. The second kappa shape index (κ2) is 5.79. The van der Waals surface area contributed by atoms with E-state index in [9.17, 15) is 14.3 Å². The molecule has 0 aliphatic carbocycles. The summed E-state index contributed by atoms with van der Waals surface area (Å²) < 4.78 is 24.3. The fourth-order valence-electron chi connectivity index (χ4n) is 3.32. The highest BCUT2D eigenvalue weighted by atomic mass is 19.1. The third kappa shape index (κ3) is 2.49. The Balaban J connectivity index is 1.69. The highest BCUT2D eigenvalue weighted by Gasteiger charge is 2.37. The Bertz CT molecular complexity index is 794. The van der Waals surface area contributed by atoms with Crippen LogP contribution in [0.2, 0.25) is 0 Å². The van der Waals surface area contributed by atoms with Crippen molar-refractivity contribution in [1.82, 2.24) is 4.90 Å². The summed E-state index contributed by atoms with van der Waals surface area (Å²) in [5.41, 5.74) is 1.06. The summed E-state index contributed by atoms with van der Waals surface area (Å²) in [5, 5.41) is 10.0. The first-order valence-corrected chi connectivity index (χ1v) is 7.76. The van der Waals surface area contributed by atoms with Crippen LogP contribution in [0.25, 0.3) is 0 Å². The Labute approximate surface area is 138 Å². The molecule has 1 fully saturated rings. The molecule has 2 atom stereocenters. The van der Waals surface area contributed by atoms with E-state index in [0.29, 0.717) is 29.0 Å². The first-order chi connectivity index (χ1) is 11.6. The lowest BCUT2D eigenvalue weighted by molar-refractivity contribution is 0.0711. The van der Waals surface area contributed by atoms with Gasteiger partial charge in [-0.3, -0.25) is 4.79 Å². The van der Waals surface area contributed by atoms with Gasteiger partial charge in [0, 0.05) is 6.54 Å². The summed E-state index contributed by atoms with van der Waals surface area (Å²) in [7, 11) is 0. The molecule has 24 heavy (non-hydrogen) atoms. The monoisotopic (exact) mass is 329 g/mol. The van der Waals surface area contributed by atoms with Crippen molar-refractivity contribution < 1.29 is 23.8 Å². The van der Waals surface area contributed by atoms with Crippen molar-refractivity contribution in [3.63, 3.8) is 0 Å². The number of ether oxygens (including phenoxy) is 2. The Morgan fingerprint density at radius 2 is 2.04 bits per heavy atom. The van der Waals surface area contributed by atoms with Gasteiger partial charge in [-0.15, -0.1) is 0 Å². The normalized spacial score (nSPS) is 22.0. The number of para-hydroxylation sites is 1. The molecule has 1 amide bonds. The molecule has 4 rings (SSSR count). The van der Waals surface area contributed by atoms with Crippen molar-refractivity contribution in [3.05, 3.63) is 59.4 Å². The van der Waals surface area contributed by atoms with Gasteiger partial charge in [-0.1, -0.05) is 18.2 Å². The molecule has 0 unspecified atom stereocenters. The molecular weight excluding hydrogens is 313 g/mol. The van der Waals surface area contributed by atoms with Gasteiger partial charge in [-0.25, -0.2) is 4.39 Å². The summed E-state index contributed by atoms with van der Waals surface area (Å²) in [6, 6.07) is 10.9. The minimum absolute atomic E-state index is 0.0789. The van der Waals surface area contributed by atoms with Crippen LogP contribution in [-0.2, 0) is 0 Å². The second-order valence-corrected chi connectivity index (χ2v) is 5.96. The zero-order valence-electron chi connectivity index (χ0n) is 12.8. The molecule has 0 bridgehead atoms. The number of carbonyl (C=O) groups is 1. The van der Waals surface area contributed by atoms with Gasteiger partial charge >= 0.3 is 0 Å². The molecule has 2 aliphatic heterocycles. The topological polar surface area (TPSA) is 59.0 Å². The molecule has 1 N–H and O–H groups in total. The first-order valence-electron chi connectivity index (χ1n) is 7.76. The fourth-order valence-corrected chi connectivity index (χ4v) is 3.32.